The number of ether oxygens (including phenoxy) is 1. The third-order valence-electron chi connectivity index (χ3n) is 2.60. The van der Waals surface area contributed by atoms with Gasteiger partial charge in [0.1, 0.15) is 18.2 Å². The molecule has 4 heteroatoms. The van der Waals surface area contributed by atoms with Gasteiger partial charge in [-0.05, 0) is 48.5 Å². The highest BCUT2D eigenvalue weighted by Gasteiger charge is 1.97. The maximum Gasteiger partial charge on any atom is 0.123 e. The fourth-order valence-corrected chi connectivity index (χ4v) is 2.36. The highest BCUT2D eigenvalue weighted by Crippen LogP contribution is 2.18. The minimum Gasteiger partial charge on any atom is -0.493 e. The molecular weight excluding hydrogens is 287 g/mol. The van der Waals surface area contributed by atoms with E-state index in [4.69, 9.17) is 9.84 Å². The SMILES string of the molecule is OCC#Cc1ccc(OCCSc2ccc(F)cc2)cc1. The molecular formula is C17H15FO2S. The monoisotopic (exact) mass is 302 g/mol. The molecule has 0 saturated heterocycles. The average molecular weight is 302 g/mol. The van der Waals surface area contributed by atoms with E-state index in [-0.39, 0.29) is 12.4 Å². The van der Waals surface area contributed by atoms with Gasteiger partial charge >= 0.3 is 0 Å². The first kappa shape index (κ1) is 15.4. The molecule has 2 rings (SSSR count). The molecule has 0 aliphatic rings. The predicted octanol–water partition coefficient (Wildman–Crippen LogP) is 3.34. The lowest BCUT2D eigenvalue weighted by Crippen LogP contribution is -1.99. The summed E-state index contributed by atoms with van der Waals surface area (Å²) in [6.45, 7) is 0.433. The Hall–Kier alpha value is -1.96. The summed E-state index contributed by atoms with van der Waals surface area (Å²) in [6.07, 6.45) is 0. The van der Waals surface area contributed by atoms with E-state index in [1.165, 1.54) is 12.1 Å². The normalized spacial score (nSPS) is 9.81. The summed E-state index contributed by atoms with van der Waals surface area (Å²) in [4.78, 5) is 1.02. The summed E-state index contributed by atoms with van der Waals surface area (Å²) in [5.74, 6) is 6.77. The molecule has 2 aromatic carbocycles. The summed E-state index contributed by atoms with van der Waals surface area (Å²) < 4.78 is 18.4. The fraction of sp³-hybridized carbons (Fsp3) is 0.176. The fourth-order valence-electron chi connectivity index (χ4n) is 1.63. The third kappa shape index (κ3) is 5.50. The van der Waals surface area contributed by atoms with Gasteiger partial charge in [0.25, 0.3) is 0 Å². The summed E-state index contributed by atoms with van der Waals surface area (Å²) >= 11 is 1.62. The van der Waals surface area contributed by atoms with Crippen LogP contribution in [-0.2, 0) is 0 Å². The third-order valence-corrected chi connectivity index (χ3v) is 3.58. The molecule has 0 atom stereocenters. The first-order valence-corrected chi connectivity index (χ1v) is 7.47. The minimum absolute atomic E-state index is 0.140. The van der Waals surface area contributed by atoms with Gasteiger partial charge in [0.2, 0.25) is 0 Å². The van der Waals surface area contributed by atoms with E-state index in [9.17, 15) is 4.39 Å². The second-order valence-electron chi connectivity index (χ2n) is 4.14. The van der Waals surface area contributed by atoms with Crippen molar-refractivity contribution in [3.63, 3.8) is 0 Å². The van der Waals surface area contributed by atoms with Crippen molar-refractivity contribution in [2.24, 2.45) is 0 Å². The zero-order valence-corrected chi connectivity index (χ0v) is 12.2. The molecule has 0 aliphatic heterocycles. The number of halogens is 1. The molecule has 0 spiro atoms. The summed E-state index contributed by atoms with van der Waals surface area (Å²) in [6, 6.07) is 13.8. The van der Waals surface area contributed by atoms with Crippen LogP contribution in [0.3, 0.4) is 0 Å². The Morgan fingerprint density at radius 3 is 2.43 bits per heavy atom. The Morgan fingerprint density at radius 1 is 1.05 bits per heavy atom. The largest absolute Gasteiger partial charge is 0.493 e. The first-order valence-electron chi connectivity index (χ1n) is 6.49. The van der Waals surface area contributed by atoms with Crippen LogP contribution in [0.1, 0.15) is 5.56 Å². The molecule has 0 amide bonds. The summed E-state index contributed by atoms with van der Waals surface area (Å²) in [5, 5.41) is 8.61. The highest BCUT2D eigenvalue weighted by atomic mass is 32.2. The van der Waals surface area contributed by atoms with Gasteiger partial charge < -0.3 is 9.84 Å². The van der Waals surface area contributed by atoms with Crippen molar-refractivity contribution in [1.29, 1.82) is 0 Å². The second-order valence-corrected chi connectivity index (χ2v) is 5.30. The molecule has 0 bridgehead atoms. The van der Waals surface area contributed by atoms with Crippen LogP contribution >= 0.6 is 11.8 Å². The zero-order valence-electron chi connectivity index (χ0n) is 11.4. The van der Waals surface area contributed by atoms with Crippen molar-refractivity contribution in [2.75, 3.05) is 19.0 Å². The van der Waals surface area contributed by atoms with Crippen LogP contribution in [0.4, 0.5) is 4.39 Å². The van der Waals surface area contributed by atoms with E-state index >= 15 is 0 Å². The van der Waals surface area contributed by atoms with Gasteiger partial charge in [-0.1, -0.05) is 11.8 Å². The molecule has 1 N–H and O–H groups in total. The molecule has 0 aliphatic carbocycles. The van der Waals surface area contributed by atoms with Gasteiger partial charge in [-0.25, -0.2) is 4.39 Å². The molecule has 0 saturated carbocycles. The van der Waals surface area contributed by atoms with E-state index in [1.54, 1.807) is 23.9 Å². The number of benzene rings is 2. The molecule has 0 heterocycles. The van der Waals surface area contributed by atoms with Gasteiger partial charge in [0, 0.05) is 16.2 Å². The quantitative estimate of drug-likeness (QED) is 0.522. The van der Waals surface area contributed by atoms with E-state index in [1.807, 2.05) is 24.3 Å². The van der Waals surface area contributed by atoms with Crippen molar-refractivity contribution in [1.82, 2.24) is 0 Å². The Morgan fingerprint density at radius 2 is 1.76 bits per heavy atom. The molecule has 2 aromatic rings. The Kier molecular flexibility index (Phi) is 6.14. The molecule has 21 heavy (non-hydrogen) atoms. The maximum atomic E-state index is 12.7. The van der Waals surface area contributed by atoms with Gasteiger partial charge in [-0.3, -0.25) is 0 Å². The average Bonchev–Trinajstić information content (AvgIpc) is 2.52. The number of rotatable bonds is 5. The van der Waals surface area contributed by atoms with Crippen LogP contribution in [0.15, 0.2) is 53.4 Å². The Balaban J connectivity index is 1.74. The first-order chi connectivity index (χ1) is 10.3. The molecule has 108 valence electrons. The van der Waals surface area contributed by atoms with Gasteiger partial charge in [-0.2, -0.15) is 0 Å². The summed E-state index contributed by atoms with van der Waals surface area (Å²) in [7, 11) is 0. The van der Waals surface area contributed by atoms with E-state index in [0.717, 1.165) is 22.0 Å². The minimum atomic E-state index is -0.222. The Bertz CT molecular complexity index is 612. The van der Waals surface area contributed by atoms with Gasteiger partial charge in [0.15, 0.2) is 0 Å². The summed E-state index contributed by atoms with van der Waals surface area (Å²) in [5.41, 5.74) is 0.845. The lowest BCUT2D eigenvalue weighted by Gasteiger charge is -2.06. The van der Waals surface area contributed by atoms with E-state index in [2.05, 4.69) is 11.8 Å². The topological polar surface area (TPSA) is 29.5 Å². The molecule has 0 radical (unpaired) electrons. The van der Waals surface area contributed by atoms with Crippen LogP contribution in [0.5, 0.6) is 5.75 Å². The molecule has 2 nitrogen and oxygen atoms in total. The number of thioether (sulfide) groups is 1. The van der Waals surface area contributed by atoms with E-state index in [0.29, 0.717) is 6.61 Å². The number of hydrogen-bond donors (Lipinski definition) is 1. The zero-order chi connectivity index (χ0) is 14.9. The van der Waals surface area contributed by atoms with Crippen LogP contribution < -0.4 is 4.74 Å². The lowest BCUT2D eigenvalue weighted by atomic mass is 10.2. The van der Waals surface area contributed by atoms with Crippen LogP contribution in [0, 0.1) is 17.7 Å². The van der Waals surface area contributed by atoms with Crippen LogP contribution in [0.25, 0.3) is 0 Å². The number of aliphatic hydroxyl groups excluding tert-OH is 1. The van der Waals surface area contributed by atoms with Crippen molar-refractivity contribution >= 4 is 11.8 Å². The second kappa shape index (κ2) is 8.35. The van der Waals surface area contributed by atoms with Crippen molar-refractivity contribution in [2.45, 2.75) is 4.90 Å². The highest BCUT2D eigenvalue weighted by molar-refractivity contribution is 7.99. The van der Waals surface area contributed by atoms with Crippen LogP contribution in [-0.4, -0.2) is 24.1 Å². The lowest BCUT2D eigenvalue weighted by molar-refractivity contribution is 0.344. The number of hydrogen-bond acceptors (Lipinski definition) is 3. The van der Waals surface area contributed by atoms with Crippen molar-refractivity contribution in [3.8, 4) is 17.6 Å². The predicted molar refractivity (Wildman–Crippen MR) is 83.0 cm³/mol. The van der Waals surface area contributed by atoms with Crippen LogP contribution in [0.2, 0.25) is 0 Å². The standard InChI is InChI=1S/C17H15FO2S/c18-15-5-9-17(10-6-15)21-13-12-20-16-7-3-14(4-8-16)2-1-11-19/h3-10,19H,11-13H2. The molecule has 0 unspecified atom stereocenters. The molecule has 0 fully saturated rings. The van der Waals surface area contributed by atoms with Crippen molar-refractivity contribution in [3.05, 3.63) is 59.9 Å². The van der Waals surface area contributed by atoms with Gasteiger partial charge in [0.05, 0.1) is 6.61 Å². The smallest absolute Gasteiger partial charge is 0.123 e. The van der Waals surface area contributed by atoms with Crippen molar-refractivity contribution < 1.29 is 14.2 Å². The Labute approximate surface area is 128 Å². The molecule has 0 aromatic heterocycles. The van der Waals surface area contributed by atoms with Gasteiger partial charge in [-0.15, -0.1) is 11.8 Å². The number of aliphatic hydroxyl groups is 1. The van der Waals surface area contributed by atoms with E-state index < -0.39 is 0 Å². The maximum absolute atomic E-state index is 12.7.